The van der Waals surface area contributed by atoms with Crippen molar-refractivity contribution in [3.63, 3.8) is 0 Å². The number of pyridine rings is 1. The Labute approximate surface area is 213 Å². The molecule has 8 heteroatoms. The van der Waals surface area contributed by atoms with Gasteiger partial charge in [-0.05, 0) is 55.9 Å². The number of fused-ring (bicyclic) bond motifs is 2. The van der Waals surface area contributed by atoms with Gasteiger partial charge in [-0.15, -0.1) is 0 Å². The van der Waals surface area contributed by atoms with E-state index in [2.05, 4.69) is 5.32 Å². The fourth-order valence-corrected chi connectivity index (χ4v) is 4.77. The summed E-state index contributed by atoms with van der Waals surface area (Å²) in [7, 11) is 0. The van der Waals surface area contributed by atoms with Crippen molar-refractivity contribution in [2.24, 2.45) is 0 Å². The summed E-state index contributed by atoms with van der Waals surface area (Å²) in [5.74, 6) is -1.31. The standard InChI is InChI=1S/C29H25N3O5/c1-18-15-16-24(25(17-18)32(35)36)31-28(33)27(19-9-3-2-4-10-19)37-29(34)26-20-11-5-7-13-22(20)30-23-14-8-6-12-21(23)26/h2-5,7,9-11,13,15-17,27H,6,8,12,14H2,1H3,(H,31,33)/t27-/m0/s1. The van der Waals surface area contributed by atoms with Crippen LogP contribution in [0.15, 0.2) is 72.8 Å². The van der Waals surface area contributed by atoms with Gasteiger partial charge >= 0.3 is 5.97 Å². The molecule has 1 aromatic heterocycles. The van der Waals surface area contributed by atoms with Crippen molar-refractivity contribution >= 4 is 34.2 Å². The molecule has 4 aromatic rings. The Morgan fingerprint density at radius 2 is 1.73 bits per heavy atom. The van der Waals surface area contributed by atoms with E-state index in [4.69, 9.17) is 9.72 Å². The minimum absolute atomic E-state index is 0.0318. The second kappa shape index (κ2) is 10.2. The Morgan fingerprint density at radius 1 is 1.00 bits per heavy atom. The minimum atomic E-state index is -1.32. The van der Waals surface area contributed by atoms with Crippen molar-refractivity contribution in [3.8, 4) is 0 Å². The predicted molar refractivity (Wildman–Crippen MR) is 139 cm³/mol. The van der Waals surface area contributed by atoms with E-state index in [0.717, 1.165) is 30.5 Å². The number of rotatable bonds is 6. The highest BCUT2D eigenvalue weighted by molar-refractivity contribution is 6.06. The lowest BCUT2D eigenvalue weighted by Gasteiger charge is -2.22. The van der Waals surface area contributed by atoms with Gasteiger partial charge in [-0.25, -0.2) is 4.79 Å². The SMILES string of the molecule is Cc1ccc(NC(=O)[C@@H](OC(=O)c2c3c(nc4ccccc24)CCCC3)c2ccccc2)c([N+](=O)[O-])c1. The van der Waals surface area contributed by atoms with Crippen molar-refractivity contribution in [1.29, 1.82) is 0 Å². The average Bonchev–Trinajstić information content (AvgIpc) is 2.91. The number of carbonyl (C=O) groups is 2. The molecule has 1 aliphatic carbocycles. The van der Waals surface area contributed by atoms with Crippen molar-refractivity contribution in [3.05, 3.63) is 111 Å². The Morgan fingerprint density at radius 3 is 2.51 bits per heavy atom. The fraction of sp³-hybridized carbons (Fsp3) is 0.207. The molecule has 186 valence electrons. The Kier molecular flexibility index (Phi) is 6.64. The maximum Gasteiger partial charge on any atom is 0.340 e. The van der Waals surface area contributed by atoms with Crippen LogP contribution >= 0.6 is 0 Å². The smallest absolute Gasteiger partial charge is 0.340 e. The van der Waals surface area contributed by atoms with Crippen LogP contribution in [0.2, 0.25) is 0 Å². The number of nitro benzene ring substituents is 1. The van der Waals surface area contributed by atoms with Gasteiger partial charge in [-0.2, -0.15) is 0 Å². The first-order valence-corrected chi connectivity index (χ1v) is 12.1. The first-order chi connectivity index (χ1) is 17.9. The minimum Gasteiger partial charge on any atom is -0.444 e. The predicted octanol–water partition coefficient (Wildman–Crippen LogP) is 5.87. The van der Waals surface area contributed by atoms with Gasteiger partial charge < -0.3 is 10.1 Å². The summed E-state index contributed by atoms with van der Waals surface area (Å²) in [6.07, 6.45) is 2.10. The van der Waals surface area contributed by atoms with E-state index < -0.39 is 22.9 Å². The number of aromatic nitrogens is 1. The number of nitro groups is 1. The molecule has 5 rings (SSSR count). The molecule has 1 heterocycles. The summed E-state index contributed by atoms with van der Waals surface area (Å²) >= 11 is 0. The van der Waals surface area contributed by atoms with Gasteiger partial charge in [-0.3, -0.25) is 19.9 Å². The van der Waals surface area contributed by atoms with Crippen LogP contribution in [0.4, 0.5) is 11.4 Å². The molecular weight excluding hydrogens is 470 g/mol. The Bertz CT molecular complexity index is 1520. The lowest BCUT2D eigenvalue weighted by molar-refractivity contribution is -0.384. The van der Waals surface area contributed by atoms with Crippen LogP contribution in [-0.4, -0.2) is 21.8 Å². The molecule has 0 fully saturated rings. The number of nitrogens with zero attached hydrogens (tertiary/aromatic N) is 2. The molecule has 0 bridgehead atoms. The molecule has 0 aliphatic heterocycles. The Balaban J connectivity index is 1.53. The number of ether oxygens (including phenoxy) is 1. The summed E-state index contributed by atoms with van der Waals surface area (Å²) in [5, 5.41) is 14.9. The number of aryl methyl sites for hydroxylation is 2. The molecule has 37 heavy (non-hydrogen) atoms. The van der Waals surface area contributed by atoms with Gasteiger partial charge in [0.2, 0.25) is 6.10 Å². The van der Waals surface area contributed by atoms with E-state index in [1.807, 2.05) is 24.3 Å². The quantitative estimate of drug-likeness (QED) is 0.204. The van der Waals surface area contributed by atoms with E-state index in [1.54, 1.807) is 43.3 Å². The van der Waals surface area contributed by atoms with E-state index in [0.29, 0.717) is 34.0 Å². The normalized spacial score (nSPS) is 13.4. The maximum atomic E-state index is 13.8. The highest BCUT2D eigenvalue weighted by Crippen LogP contribution is 2.32. The molecule has 8 nitrogen and oxygen atoms in total. The molecule has 0 saturated heterocycles. The van der Waals surface area contributed by atoms with Crippen LogP contribution in [0.5, 0.6) is 0 Å². The molecular formula is C29H25N3O5. The third-order valence-electron chi connectivity index (χ3n) is 6.55. The van der Waals surface area contributed by atoms with E-state index >= 15 is 0 Å². The van der Waals surface area contributed by atoms with Crippen molar-refractivity contribution in [1.82, 2.24) is 4.98 Å². The number of nitrogens with one attached hydrogen (secondary N) is 1. The summed E-state index contributed by atoms with van der Waals surface area (Å²) in [6.45, 7) is 1.73. The van der Waals surface area contributed by atoms with E-state index in [-0.39, 0.29) is 11.4 Å². The number of hydrogen-bond donors (Lipinski definition) is 1. The first kappa shape index (κ1) is 24.1. The monoisotopic (exact) mass is 495 g/mol. The number of benzene rings is 3. The highest BCUT2D eigenvalue weighted by Gasteiger charge is 2.31. The van der Waals surface area contributed by atoms with Gasteiger partial charge in [0.05, 0.1) is 16.0 Å². The zero-order valence-electron chi connectivity index (χ0n) is 20.3. The lowest BCUT2D eigenvalue weighted by atomic mass is 9.90. The van der Waals surface area contributed by atoms with Crippen LogP contribution in [-0.2, 0) is 22.4 Å². The molecule has 3 aromatic carbocycles. The number of esters is 1. The number of anilines is 1. The number of carbonyl (C=O) groups excluding carboxylic acids is 2. The first-order valence-electron chi connectivity index (χ1n) is 12.1. The van der Waals surface area contributed by atoms with Crippen LogP contribution in [0, 0.1) is 17.0 Å². The summed E-state index contributed by atoms with van der Waals surface area (Å²) in [6, 6.07) is 20.6. The molecule has 0 radical (unpaired) electrons. The zero-order valence-corrected chi connectivity index (χ0v) is 20.3. The average molecular weight is 496 g/mol. The topological polar surface area (TPSA) is 111 Å². The van der Waals surface area contributed by atoms with Crippen molar-refractivity contribution in [2.45, 2.75) is 38.7 Å². The second-order valence-corrected chi connectivity index (χ2v) is 9.10. The molecule has 1 amide bonds. The number of amides is 1. The van der Waals surface area contributed by atoms with Crippen LogP contribution < -0.4 is 5.32 Å². The third-order valence-corrected chi connectivity index (χ3v) is 6.55. The molecule has 1 aliphatic rings. The number of hydrogen-bond acceptors (Lipinski definition) is 6. The van der Waals surface area contributed by atoms with E-state index in [9.17, 15) is 19.7 Å². The Hall–Kier alpha value is -4.59. The largest absolute Gasteiger partial charge is 0.444 e. The summed E-state index contributed by atoms with van der Waals surface area (Å²) in [4.78, 5) is 43.0. The molecule has 0 unspecified atom stereocenters. The van der Waals surface area contributed by atoms with Crippen molar-refractivity contribution < 1.29 is 19.2 Å². The molecule has 0 spiro atoms. The van der Waals surface area contributed by atoms with Gasteiger partial charge in [-0.1, -0.05) is 54.6 Å². The van der Waals surface area contributed by atoms with E-state index in [1.165, 1.54) is 12.1 Å². The lowest BCUT2D eigenvalue weighted by Crippen LogP contribution is -2.27. The summed E-state index contributed by atoms with van der Waals surface area (Å²) < 4.78 is 5.91. The van der Waals surface area contributed by atoms with Crippen LogP contribution in [0.25, 0.3) is 10.9 Å². The van der Waals surface area contributed by atoms with Crippen LogP contribution in [0.1, 0.15) is 51.7 Å². The third kappa shape index (κ3) is 4.91. The van der Waals surface area contributed by atoms with Gasteiger partial charge in [0.25, 0.3) is 11.6 Å². The second-order valence-electron chi connectivity index (χ2n) is 9.10. The highest BCUT2D eigenvalue weighted by atomic mass is 16.6. The van der Waals surface area contributed by atoms with Gasteiger partial charge in [0.1, 0.15) is 5.69 Å². The summed E-state index contributed by atoms with van der Waals surface area (Å²) in [5.41, 5.74) is 3.80. The fourth-order valence-electron chi connectivity index (χ4n) is 4.77. The number of para-hydroxylation sites is 1. The van der Waals surface area contributed by atoms with Crippen LogP contribution in [0.3, 0.4) is 0 Å². The maximum absolute atomic E-state index is 13.8. The molecule has 0 saturated carbocycles. The van der Waals surface area contributed by atoms with Gasteiger partial charge in [0, 0.05) is 22.7 Å². The zero-order chi connectivity index (χ0) is 25.9. The van der Waals surface area contributed by atoms with Gasteiger partial charge in [0.15, 0.2) is 0 Å². The van der Waals surface area contributed by atoms with Crippen molar-refractivity contribution in [2.75, 3.05) is 5.32 Å². The molecule has 1 atom stereocenters. The molecule has 1 N–H and O–H groups in total.